The lowest BCUT2D eigenvalue weighted by molar-refractivity contribution is 0.218. The van der Waals surface area contributed by atoms with Gasteiger partial charge >= 0.3 is 0 Å². The highest BCUT2D eigenvalue weighted by atomic mass is 35.5. The Hall–Kier alpha value is -0.490. The molecule has 7 heteroatoms. The fourth-order valence-electron chi connectivity index (χ4n) is 2.63. The van der Waals surface area contributed by atoms with Crippen molar-refractivity contribution in [2.24, 2.45) is 5.41 Å². The first-order valence-electron chi connectivity index (χ1n) is 6.88. The van der Waals surface area contributed by atoms with Crippen molar-refractivity contribution in [3.05, 3.63) is 22.2 Å². The van der Waals surface area contributed by atoms with Crippen LogP contribution in [-0.4, -0.2) is 14.5 Å². The van der Waals surface area contributed by atoms with Gasteiger partial charge in [-0.2, -0.15) is 0 Å². The molecule has 1 aromatic rings. The first-order chi connectivity index (χ1) is 9.61. The molecule has 1 aliphatic rings. The van der Waals surface area contributed by atoms with Crippen LogP contribution in [0.2, 0.25) is 10.0 Å². The van der Waals surface area contributed by atoms with E-state index in [1.165, 1.54) is 12.1 Å². The lowest BCUT2D eigenvalue weighted by Crippen LogP contribution is -2.39. The third-order valence-electron chi connectivity index (χ3n) is 3.95. The molecule has 1 saturated carbocycles. The van der Waals surface area contributed by atoms with E-state index in [0.717, 1.165) is 25.7 Å². The van der Waals surface area contributed by atoms with E-state index < -0.39 is 10.0 Å². The van der Waals surface area contributed by atoms with Gasteiger partial charge in [-0.1, -0.05) is 37.0 Å². The molecule has 0 radical (unpaired) electrons. The second-order valence-electron chi connectivity index (χ2n) is 6.37. The summed E-state index contributed by atoms with van der Waals surface area (Å²) in [7, 11) is -3.74. The summed E-state index contributed by atoms with van der Waals surface area (Å²) >= 11 is 12.0. The molecule has 2 rings (SSSR count). The van der Waals surface area contributed by atoms with Crippen molar-refractivity contribution in [3.63, 3.8) is 0 Å². The smallest absolute Gasteiger partial charge is 0.243 e. The maximum absolute atomic E-state index is 12.5. The van der Waals surface area contributed by atoms with E-state index in [0.29, 0.717) is 5.69 Å². The summed E-state index contributed by atoms with van der Waals surface area (Å²) in [5.74, 6) is 0. The fraction of sp³-hybridized carbons (Fsp3) is 0.571. The number of nitrogens with one attached hydrogen (secondary N) is 1. The molecule has 1 fully saturated rings. The van der Waals surface area contributed by atoms with Crippen molar-refractivity contribution >= 4 is 38.9 Å². The molecule has 0 aliphatic heterocycles. The zero-order valence-electron chi connectivity index (χ0n) is 12.1. The van der Waals surface area contributed by atoms with E-state index in [-0.39, 0.29) is 26.4 Å². The number of sulfonamides is 1. The molecule has 1 aliphatic carbocycles. The molecule has 0 heterocycles. The van der Waals surface area contributed by atoms with Crippen molar-refractivity contribution in [1.29, 1.82) is 0 Å². The zero-order chi connectivity index (χ0) is 15.8. The van der Waals surface area contributed by atoms with Crippen LogP contribution in [0.1, 0.15) is 39.5 Å². The van der Waals surface area contributed by atoms with Crippen LogP contribution in [0.4, 0.5) is 5.69 Å². The van der Waals surface area contributed by atoms with Crippen LogP contribution in [0.3, 0.4) is 0 Å². The van der Waals surface area contributed by atoms with Gasteiger partial charge in [0.15, 0.2) is 0 Å². The number of anilines is 1. The van der Waals surface area contributed by atoms with Gasteiger partial charge in [-0.15, -0.1) is 0 Å². The van der Waals surface area contributed by atoms with Gasteiger partial charge in [-0.3, -0.25) is 0 Å². The average Bonchev–Trinajstić information content (AvgIpc) is 2.30. The Labute approximate surface area is 136 Å². The van der Waals surface area contributed by atoms with Crippen molar-refractivity contribution in [1.82, 2.24) is 4.72 Å². The van der Waals surface area contributed by atoms with Gasteiger partial charge in [0, 0.05) is 11.7 Å². The first-order valence-corrected chi connectivity index (χ1v) is 9.11. The minimum absolute atomic E-state index is 0.0450. The third kappa shape index (κ3) is 4.03. The number of benzene rings is 1. The summed E-state index contributed by atoms with van der Waals surface area (Å²) in [5, 5.41) is 0.0901. The second-order valence-corrected chi connectivity index (χ2v) is 8.84. The van der Waals surface area contributed by atoms with Crippen LogP contribution in [-0.2, 0) is 10.0 Å². The van der Waals surface area contributed by atoms with Crippen molar-refractivity contribution in [2.75, 3.05) is 5.73 Å². The van der Waals surface area contributed by atoms with Gasteiger partial charge in [-0.05, 0) is 43.2 Å². The Morgan fingerprint density at radius 2 is 1.67 bits per heavy atom. The monoisotopic (exact) mass is 350 g/mol. The standard InChI is InChI=1S/C14H20Cl2N2O2S/c1-14(2)5-3-10(4-6-14)18-21(19,20)13-11(15)7-9(17)8-12(13)16/h7-8,10,18H,3-6,17H2,1-2H3. The minimum Gasteiger partial charge on any atom is -0.399 e. The second kappa shape index (κ2) is 5.95. The van der Waals surface area contributed by atoms with Gasteiger partial charge in [0.05, 0.1) is 10.0 Å². The Morgan fingerprint density at radius 3 is 2.14 bits per heavy atom. The van der Waals surface area contributed by atoms with Gasteiger partial charge in [0.1, 0.15) is 4.90 Å². The topological polar surface area (TPSA) is 72.2 Å². The maximum atomic E-state index is 12.5. The number of halogens is 2. The molecule has 21 heavy (non-hydrogen) atoms. The number of nitrogens with two attached hydrogens (primary N) is 1. The van der Waals surface area contributed by atoms with Crippen LogP contribution in [0.5, 0.6) is 0 Å². The Morgan fingerprint density at radius 1 is 1.19 bits per heavy atom. The number of hydrogen-bond acceptors (Lipinski definition) is 3. The molecule has 0 bridgehead atoms. The largest absolute Gasteiger partial charge is 0.399 e. The molecule has 0 aromatic heterocycles. The average molecular weight is 351 g/mol. The summed E-state index contributed by atoms with van der Waals surface area (Å²) < 4.78 is 27.7. The van der Waals surface area contributed by atoms with E-state index in [4.69, 9.17) is 28.9 Å². The van der Waals surface area contributed by atoms with Crippen molar-refractivity contribution in [2.45, 2.75) is 50.5 Å². The molecule has 0 saturated heterocycles. The van der Waals surface area contributed by atoms with E-state index in [9.17, 15) is 8.42 Å². The normalized spacial score (nSPS) is 19.6. The Bertz CT molecular complexity index is 611. The summed E-state index contributed by atoms with van der Waals surface area (Å²) in [4.78, 5) is -0.0927. The molecule has 0 atom stereocenters. The van der Waals surface area contributed by atoms with Crippen LogP contribution < -0.4 is 10.5 Å². The molecule has 0 spiro atoms. The molecule has 118 valence electrons. The van der Waals surface area contributed by atoms with Gasteiger partial charge < -0.3 is 5.73 Å². The molecule has 0 unspecified atom stereocenters. The van der Waals surface area contributed by atoms with Crippen LogP contribution in [0.25, 0.3) is 0 Å². The molecular formula is C14H20Cl2N2O2S. The highest BCUT2D eigenvalue weighted by molar-refractivity contribution is 7.89. The van der Waals surface area contributed by atoms with Gasteiger partial charge in [0.25, 0.3) is 0 Å². The van der Waals surface area contributed by atoms with Crippen LogP contribution in [0.15, 0.2) is 17.0 Å². The van der Waals surface area contributed by atoms with Crippen LogP contribution in [0, 0.1) is 5.41 Å². The molecule has 0 amide bonds. The summed E-state index contributed by atoms with van der Waals surface area (Å²) in [6.45, 7) is 4.40. The van der Waals surface area contributed by atoms with Gasteiger partial charge in [-0.25, -0.2) is 13.1 Å². The summed E-state index contributed by atoms with van der Waals surface area (Å²) in [5.41, 5.74) is 6.21. The van der Waals surface area contributed by atoms with E-state index >= 15 is 0 Å². The number of nitrogen functional groups attached to an aromatic ring is 1. The van der Waals surface area contributed by atoms with Crippen molar-refractivity contribution < 1.29 is 8.42 Å². The van der Waals surface area contributed by atoms with E-state index in [1.54, 1.807) is 0 Å². The highest BCUT2D eigenvalue weighted by Crippen LogP contribution is 2.37. The van der Waals surface area contributed by atoms with Crippen molar-refractivity contribution in [3.8, 4) is 0 Å². The lowest BCUT2D eigenvalue weighted by Gasteiger charge is -2.34. The Kier molecular flexibility index (Phi) is 4.78. The number of rotatable bonds is 3. The summed E-state index contributed by atoms with van der Waals surface area (Å²) in [6.07, 6.45) is 3.61. The fourth-order valence-corrected chi connectivity index (χ4v) is 5.17. The Balaban J connectivity index is 2.20. The van der Waals surface area contributed by atoms with E-state index in [2.05, 4.69) is 18.6 Å². The first kappa shape index (κ1) is 16.9. The summed E-state index contributed by atoms with van der Waals surface area (Å²) in [6, 6.07) is 2.71. The SMILES string of the molecule is CC1(C)CCC(NS(=O)(=O)c2c(Cl)cc(N)cc2Cl)CC1. The molecule has 4 nitrogen and oxygen atoms in total. The third-order valence-corrected chi connectivity index (χ3v) is 6.39. The van der Waals surface area contributed by atoms with E-state index in [1.807, 2.05) is 0 Å². The number of hydrogen-bond donors (Lipinski definition) is 2. The quantitative estimate of drug-likeness (QED) is 0.813. The molecular weight excluding hydrogens is 331 g/mol. The zero-order valence-corrected chi connectivity index (χ0v) is 14.4. The highest BCUT2D eigenvalue weighted by Gasteiger charge is 2.31. The lowest BCUT2D eigenvalue weighted by atomic mass is 9.76. The maximum Gasteiger partial charge on any atom is 0.243 e. The minimum atomic E-state index is -3.74. The molecule has 1 aromatic carbocycles. The van der Waals surface area contributed by atoms with Gasteiger partial charge in [0.2, 0.25) is 10.0 Å². The predicted molar refractivity (Wildman–Crippen MR) is 87.2 cm³/mol. The molecule has 3 N–H and O–H groups in total. The van der Waals surface area contributed by atoms with Crippen LogP contribution >= 0.6 is 23.2 Å². The predicted octanol–water partition coefficient (Wildman–Crippen LogP) is 3.82.